The molecular weight excluding hydrogens is 268 g/mol. The van der Waals surface area contributed by atoms with Gasteiger partial charge >= 0.3 is 0 Å². The zero-order valence-corrected chi connectivity index (χ0v) is 12.8. The molecule has 0 aromatic heterocycles. The van der Waals surface area contributed by atoms with Gasteiger partial charge in [0, 0.05) is 11.6 Å². The van der Waals surface area contributed by atoms with E-state index in [0.717, 1.165) is 25.7 Å². The first-order valence-electron chi connectivity index (χ1n) is 7.31. The van der Waals surface area contributed by atoms with Gasteiger partial charge in [0.15, 0.2) is 0 Å². The van der Waals surface area contributed by atoms with E-state index in [1.807, 2.05) is 0 Å². The lowest BCUT2D eigenvalue weighted by molar-refractivity contribution is 0.231. The van der Waals surface area contributed by atoms with E-state index in [2.05, 4.69) is 0 Å². The van der Waals surface area contributed by atoms with E-state index in [1.165, 1.54) is 38.4 Å². The number of sulfone groups is 1. The van der Waals surface area contributed by atoms with Gasteiger partial charge in [0.1, 0.15) is 9.84 Å². The molecule has 2 aliphatic carbocycles. The number of alkyl halides is 1. The van der Waals surface area contributed by atoms with Crippen molar-refractivity contribution in [2.45, 2.75) is 68.4 Å². The van der Waals surface area contributed by atoms with Crippen molar-refractivity contribution >= 4 is 21.4 Å². The van der Waals surface area contributed by atoms with Crippen molar-refractivity contribution in [1.29, 1.82) is 0 Å². The minimum atomic E-state index is -2.87. The van der Waals surface area contributed by atoms with E-state index in [-0.39, 0.29) is 10.6 Å². The van der Waals surface area contributed by atoms with Crippen LogP contribution in [0.4, 0.5) is 0 Å². The standard InChI is InChI=1S/C14H25ClO2S/c1-18(16,17)12-7-5-6-11(10-12)13-8-3-2-4-9-14(13)15/h11-14H,2-10H2,1H3. The average molecular weight is 293 g/mol. The Labute approximate surface area is 116 Å². The molecule has 0 bridgehead atoms. The summed E-state index contributed by atoms with van der Waals surface area (Å²) in [6.45, 7) is 0. The van der Waals surface area contributed by atoms with Gasteiger partial charge < -0.3 is 0 Å². The summed E-state index contributed by atoms with van der Waals surface area (Å²) in [5, 5.41) is 0.166. The van der Waals surface area contributed by atoms with Crippen LogP contribution in [0.5, 0.6) is 0 Å². The third-order valence-corrected chi connectivity index (χ3v) is 7.04. The van der Waals surface area contributed by atoms with E-state index < -0.39 is 9.84 Å². The number of hydrogen-bond acceptors (Lipinski definition) is 2. The van der Waals surface area contributed by atoms with Crippen molar-refractivity contribution < 1.29 is 8.42 Å². The van der Waals surface area contributed by atoms with E-state index in [9.17, 15) is 8.42 Å². The molecule has 4 atom stereocenters. The Morgan fingerprint density at radius 1 is 0.944 bits per heavy atom. The molecule has 4 heteroatoms. The van der Waals surface area contributed by atoms with Crippen LogP contribution in [-0.4, -0.2) is 25.3 Å². The summed E-state index contributed by atoms with van der Waals surface area (Å²) in [6, 6.07) is 0. The molecule has 0 aliphatic heterocycles. The molecule has 2 rings (SSSR count). The predicted molar refractivity (Wildman–Crippen MR) is 76.8 cm³/mol. The lowest BCUT2D eigenvalue weighted by Crippen LogP contribution is -2.33. The van der Waals surface area contributed by atoms with Crippen LogP contribution in [0.3, 0.4) is 0 Å². The highest BCUT2D eigenvalue weighted by molar-refractivity contribution is 7.91. The maximum absolute atomic E-state index is 11.7. The van der Waals surface area contributed by atoms with Gasteiger partial charge in [-0.3, -0.25) is 0 Å². The van der Waals surface area contributed by atoms with Gasteiger partial charge in [-0.05, 0) is 37.5 Å². The lowest BCUT2D eigenvalue weighted by atomic mass is 9.76. The minimum Gasteiger partial charge on any atom is -0.229 e. The average Bonchev–Trinajstić information content (AvgIpc) is 2.53. The van der Waals surface area contributed by atoms with Crippen LogP contribution in [0.25, 0.3) is 0 Å². The first-order chi connectivity index (χ1) is 8.48. The third kappa shape index (κ3) is 3.63. The Morgan fingerprint density at radius 2 is 1.67 bits per heavy atom. The highest BCUT2D eigenvalue weighted by Gasteiger charge is 2.36. The molecule has 4 unspecified atom stereocenters. The zero-order valence-electron chi connectivity index (χ0n) is 11.3. The molecule has 0 N–H and O–H groups in total. The summed E-state index contributed by atoms with van der Waals surface area (Å²) in [5.74, 6) is 1.10. The van der Waals surface area contributed by atoms with E-state index in [4.69, 9.17) is 11.6 Å². The molecule has 0 amide bonds. The monoisotopic (exact) mass is 292 g/mol. The fraction of sp³-hybridized carbons (Fsp3) is 1.00. The summed E-state index contributed by atoms with van der Waals surface area (Å²) < 4.78 is 23.5. The van der Waals surface area contributed by atoms with Crippen LogP contribution in [0.15, 0.2) is 0 Å². The van der Waals surface area contributed by atoms with Crippen molar-refractivity contribution in [3.63, 3.8) is 0 Å². The SMILES string of the molecule is CS(=O)(=O)C1CCCC(C2CCCCCC2Cl)C1. The number of halogens is 1. The third-order valence-electron chi connectivity index (χ3n) is 4.86. The summed E-state index contributed by atoms with van der Waals surface area (Å²) >= 11 is 6.53. The van der Waals surface area contributed by atoms with Crippen LogP contribution >= 0.6 is 11.6 Å². The maximum atomic E-state index is 11.7. The van der Waals surface area contributed by atoms with Crippen LogP contribution in [0.1, 0.15) is 57.8 Å². The molecule has 0 radical (unpaired) electrons. The second-order valence-corrected chi connectivity index (χ2v) is 9.08. The number of hydrogen-bond donors (Lipinski definition) is 0. The topological polar surface area (TPSA) is 34.1 Å². The summed E-state index contributed by atoms with van der Waals surface area (Å²) in [4.78, 5) is 0. The van der Waals surface area contributed by atoms with Crippen molar-refractivity contribution in [3.05, 3.63) is 0 Å². The van der Waals surface area contributed by atoms with Crippen molar-refractivity contribution in [2.24, 2.45) is 11.8 Å². The van der Waals surface area contributed by atoms with Gasteiger partial charge in [-0.15, -0.1) is 11.6 Å². The normalized spacial score (nSPS) is 39.2. The van der Waals surface area contributed by atoms with Crippen molar-refractivity contribution in [1.82, 2.24) is 0 Å². The zero-order chi connectivity index (χ0) is 13.2. The molecule has 2 nitrogen and oxygen atoms in total. The fourth-order valence-electron chi connectivity index (χ4n) is 3.78. The summed E-state index contributed by atoms with van der Waals surface area (Å²) in [6.07, 6.45) is 11.5. The fourth-order valence-corrected chi connectivity index (χ4v) is 5.46. The first kappa shape index (κ1) is 14.6. The van der Waals surface area contributed by atoms with Gasteiger partial charge in [0.05, 0.1) is 5.25 Å². The molecule has 0 aromatic rings. The number of rotatable bonds is 2. The van der Waals surface area contributed by atoms with Gasteiger partial charge in [0.25, 0.3) is 0 Å². The van der Waals surface area contributed by atoms with Gasteiger partial charge in [-0.2, -0.15) is 0 Å². The molecule has 18 heavy (non-hydrogen) atoms. The first-order valence-corrected chi connectivity index (χ1v) is 9.70. The highest BCUT2D eigenvalue weighted by Crippen LogP contribution is 2.41. The molecule has 0 spiro atoms. The van der Waals surface area contributed by atoms with Crippen LogP contribution in [0, 0.1) is 11.8 Å². The molecule has 0 saturated heterocycles. The smallest absolute Gasteiger partial charge is 0.150 e. The van der Waals surface area contributed by atoms with Gasteiger partial charge in [-0.25, -0.2) is 8.42 Å². The maximum Gasteiger partial charge on any atom is 0.150 e. The largest absolute Gasteiger partial charge is 0.229 e. The van der Waals surface area contributed by atoms with Crippen molar-refractivity contribution in [3.8, 4) is 0 Å². The Morgan fingerprint density at radius 3 is 2.39 bits per heavy atom. The van der Waals surface area contributed by atoms with E-state index >= 15 is 0 Å². The molecule has 2 saturated carbocycles. The second kappa shape index (κ2) is 6.13. The predicted octanol–water partition coefficient (Wildman–Crippen LogP) is 3.78. The summed E-state index contributed by atoms with van der Waals surface area (Å²) in [5.41, 5.74) is 0. The summed E-state index contributed by atoms with van der Waals surface area (Å²) in [7, 11) is -2.87. The molecular formula is C14H25ClO2S. The Bertz CT molecular complexity index is 366. The molecule has 0 heterocycles. The Hall–Kier alpha value is 0.240. The van der Waals surface area contributed by atoms with Gasteiger partial charge in [-0.1, -0.05) is 32.1 Å². The minimum absolute atomic E-state index is 0.108. The van der Waals surface area contributed by atoms with Crippen LogP contribution < -0.4 is 0 Å². The molecule has 2 fully saturated rings. The van der Waals surface area contributed by atoms with E-state index in [0.29, 0.717) is 11.8 Å². The second-order valence-electron chi connectivity index (χ2n) is 6.20. The molecule has 106 valence electrons. The van der Waals surface area contributed by atoms with E-state index in [1.54, 1.807) is 0 Å². The van der Waals surface area contributed by atoms with Crippen LogP contribution in [-0.2, 0) is 9.84 Å². The van der Waals surface area contributed by atoms with Crippen molar-refractivity contribution in [2.75, 3.05) is 6.26 Å². The van der Waals surface area contributed by atoms with Crippen LogP contribution in [0.2, 0.25) is 0 Å². The lowest BCUT2D eigenvalue weighted by Gasteiger charge is -2.35. The Balaban J connectivity index is 2.03. The van der Waals surface area contributed by atoms with Gasteiger partial charge in [0.2, 0.25) is 0 Å². The Kier molecular flexibility index (Phi) is 4.99. The molecule has 2 aliphatic rings. The quantitative estimate of drug-likeness (QED) is 0.573. The molecule has 0 aromatic carbocycles. The highest BCUT2D eigenvalue weighted by atomic mass is 35.5.